The molecular formula is C15H23N5O2. The van der Waals surface area contributed by atoms with Crippen LogP contribution in [0.5, 0.6) is 0 Å². The average molecular weight is 305 g/mol. The van der Waals surface area contributed by atoms with E-state index in [9.17, 15) is 4.79 Å². The highest BCUT2D eigenvalue weighted by atomic mass is 16.5. The first kappa shape index (κ1) is 16.2. The Balaban J connectivity index is 2.20. The van der Waals surface area contributed by atoms with E-state index < -0.39 is 0 Å². The van der Waals surface area contributed by atoms with Crippen LogP contribution in [0.2, 0.25) is 0 Å². The van der Waals surface area contributed by atoms with Crippen molar-refractivity contribution in [3.63, 3.8) is 0 Å². The van der Waals surface area contributed by atoms with Crippen molar-refractivity contribution in [3.05, 3.63) is 35.4 Å². The van der Waals surface area contributed by atoms with E-state index in [0.29, 0.717) is 12.3 Å². The molecule has 1 N–H and O–H groups in total. The standard InChI is InChI=1S/C15H23N5O2/c1-10(2)11-8-14(20(4)18-11)15(21)17-12(9-22-5)13-6-7-16-19(13)3/h6-8,10,12H,9H2,1-5H3,(H,17,21)/t12-/m0/s1. The summed E-state index contributed by atoms with van der Waals surface area (Å²) in [6.07, 6.45) is 1.70. The quantitative estimate of drug-likeness (QED) is 0.875. The van der Waals surface area contributed by atoms with Crippen LogP contribution in [0.1, 0.15) is 47.7 Å². The summed E-state index contributed by atoms with van der Waals surface area (Å²) in [7, 11) is 5.22. The van der Waals surface area contributed by atoms with E-state index >= 15 is 0 Å². The Morgan fingerprint density at radius 1 is 1.36 bits per heavy atom. The van der Waals surface area contributed by atoms with Crippen molar-refractivity contribution in [1.29, 1.82) is 0 Å². The Kier molecular flexibility index (Phi) is 4.97. The lowest BCUT2D eigenvalue weighted by molar-refractivity contribution is 0.0883. The molecule has 0 fully saturated rings. The minimum Gasteiger partial charge on any atom is -0.382 e. The van der Waals surface area contributed by atoms with Crippen molar-refractivity contribution in [2.24, 2.45) is 14.1 Å². The molecule has 0 bridgehead atoms. The van der Waals surface area contributed by atoms with Crippen LogP contribution in [0.25, 0.3) is 0 Å². The van der Waals surface area contributed by atoms with E-state index in [-0.39, 0.29) is 17.9 Å². The van der Waals surface area contributed by atoms with Crippen molar-refractivity contribution in [1.82, 2.24) is 24.9 Å². The Labute approximate surface area is 130 Å². The molecular weight excluding hydrogens is 282 g/mol. The third-order valence-electron chi connectivity index (χ3n) is 3.58. The van der Waals surface area contributed by atoms with E-state index in [4.69, 9.17) is 4.74 Å². The van der Waals surface area contributed by atoms with E-state index in [1.807, 2.05) is 33.0 Å². The summed E-state index contributed by atoms with van der Waals surface area (Å²) >= 11 is 0. The van der Waals surface area contributed by atoms with Crippen LogP contribution in [0.15, 0.2) is 18.3 Å². The number of rotatable bonds is 6. The van der Waals surface area contributed by atoms with E-state index in [1.54, 1.807) is 29.7 Å². The molecule has 2 aromatic rings. The lowest BCUT2D eigenvalue weighted by atomic mass is 10.1. The fourth-order valence-electron chi connectivity index (χ4n) is 2.31. The molecule has 2 aromatic heterocycles. The van der Waals surface area contributed by atoms with Gasteiger partial charge in [-0.3, -0.25) is 14.2 Å². The molecule has 0 saturated carbocycles. The number of amides is 1. The number of aromatic nitrogens is 4. The molecule has 7 heteroatoms. The molecule has 0 aliphatic rings. The van der Waals surface area contributed by atoms with Crippen molar-refractivity contribution in [3.8, 4) is 0 Å². The van der Waals surface area contributed by atoms with Crippen molar-refractivity contribution in [2.45, 2.75) is 25.8 Å². The lowest BCUT2D eigenvalue weighted by Crippen LogP contribution is -2.33. The second-order valence-corrected chi connectivity index (χ2v) is 5.59. The van der Waals surface area contributed by atoms with Crippen LogP contribution in [0.3, 0.4) is 0 Å². The van der Waals surface area contributed by atoms with E-state index in [1.165, 1.54) is 0 Å². The summed E-state index contributed by atoms with van der Waals surface area (Å²) in [6.45, 7) is 4.47. The normalized spacial score (nSPS) is 12.6. The monoisotopic (exact) mass is 305 g/mol. The number of methoxy groups -OCH3 is 1. The highest BCUT2D eigenvalue weighted by Crippen LogP contribution is 2.16. The number of nitrogens with zero attached hydrogens (tertiary/aromatic N) is 4. The third kappa shape index (κ3) is 3.36. The maximum atomic E-state index is 12.5. The third-order valence-corrected chi connectivity index (χ3v) is 3.58. The maximum Gasteiger partial charge on any atom is 0.270 e. The molecule has 120 valence electrons. The molecule has 0 saturated heterocycles. The van der Waals surface area contributed by atoms with Gasteiger partial charge in [0.1, 0.15) is 5.69 Å². The molecule has 0 radical (unpaired) electrons. The van der Waals surface area contributed by atoms with Crippen LogP contribution >= 0.6 is 0 Å². The smallest absolute Gasteiger partial charge is 0.270 e. The fraction of sp³-hybridized carbons (Fsp3) is 0.533. The van der Waals surface area contributed by atoms with E-state index in [2.05, 4.69) is 15.5 Å². The molecule has 2 heterocycles. The largest absolute Gasteiger partial charge is 0.382 e. The van der Waals surface area contributed by atoms with Gasteiger partial charge in [-0.1, -0.05) is 13.8 Å². The van der Waals surface area contributed by atoms with Gasteiger partial charge in [-0.25, -0.2) is 0 Å². The minimum atomic E-state index is -0.262. The van der Waals surface area contributed by atoms with Gasteiger partial charge in [0.05, 0.1) is 24.0 Å². The minimum absolute atomic E-state index is 0.176. The van der Waals surface area contributed by atoms with Gasteiger partial charge in [0.25, 0.3) is 5.91 Å². The number of carbonyl (C=O) groups is 1. The average Bonchev–Trinajstić information content (AvgIpc) is 3.04. The summed E-state index contributed by atoms with van der Waals surface area (Å²) < 4.78 is 8.55. The Morgan fingerprint density at radius 2 is 2.09 bits per heavy atom. The molecule has 0 unspecified atom stereocenters. The molecule has 0 aliphatic carbocycles. The van der Waals surface area contributed by atoms with Gasteiger partial charge in [-0.15, -0.1) is 0 Å². The second-order valence-electron chi connectivity index (χ2n) is 5.59. The van der Waals surface area contributed by atoms with Crippen molar-refractivity contribution in [2.75, 3.05) is 13.7 Å². The zero-order chi connectivity index (χ0) is 16.3. The Hall–Kier alpha value is -2.15. The van der Waals surface area contributed by atoms with Crippen LogP contribution in [0, 0.1) is 0 Å². The fourth-order valence-corrected chi connectivity index (χ4v) is 2.31. The maximum absolute atomic E-state index is 12.5. The van der Waals surface area contributed by atoms with E-state index in [0.717, 1.165) is 11.4 Å². The van der Waals surface area contributed by atoms with Gasteiger partial charge >= 0.3 is 0 Å². The molecule has 2 rings (SSSR count). The topological polar surface area (TPSA) is 74.0 Å². The molecule has 0 aliphatic heterocycles. The first-order valence-corrected chi connectivity index (χ1v) is 7.25. The predicted molar refractivity (Wildman–Crippen MR) is 82.6 cm³/mol. The number of aryl methyl sites for hydroxylation is 2. The molecule has 0 spiro atoms. The highest BCUT2D eigenvalue weighted by molar-refractivity contribution is 5.93. The van der Waals surface area contributed by atoms with Crippen LogP contribution in [-0.2, 0) is 18.8 Å². The zero-order valence-electron chi connectivity index (χ0n) is 13.7. The van der Waals surface area contributed by atoms with Gasteiger partial charge in [-0.05, 0) is 18.1 Å². The summed E-state index contributed by atoms with van der Waals surface area (Å²) in [4.78, 5) is 12.5. The number of carbonyl (C=O) groups excluding carboxylic acids is 1. The second kappa shape index (κ2) is 6.74. The van der Waals surface area contributed by atoms with Crippen LogP contribution in [0.4, 0.5) is 0 Å². The van der Waals surface area contributed by atoms with Crippen LogP contribution in [-0.4, -0.2) is 39.2 Å². The van der Waals surface area contributed by atoms with Gasteiger partial charge in [0, 0.05) is 27.4 Å². The van der Waals surface area contributed by atoms with Crippen molar-refractivity contribution >= 4 is 5.91 Å². The zero-order valence-corrected chi connectivity index (χ0v) is 13.7. The first-order valence-electron chi connectivity index (χ1n) is 7.25. The Bertz CT molecular complexity index is 644. The molecule has 1 atom stereocenters. The molecule has 0 aromatic carbocycles. The Morgan fingerprint density at radius 3 is 2.59 bits per heavy atom. The number of hydrogen-bond donors (Lipinski definition) is 1. The lowest BCUT2D eigenvalue weighted by Gasteiger charge is -2.18. The highest BCUT2D eigenvalue weighted by Gasteiger charge is 2.21. The number of hydrogen-bond acceptors (Lipinski definition) is 4. The molecule has 22 heavy (non-hydrogen) atoms. The van der Waals surface area contributed by atoms with Gasteiger partial charge in [0.2, 0.25) is 0 Å². The van der Waals surface area contributed by atoms with Gasteiger partial charge < -0.3 is 10.1 Å². The number of ether oxygens (including phenoxy) is 1. The first-order chi connectivity index (χ1) is 10.4. The summed E-state index contributed by atoms with van der Waals surface area (Å²) in [5.74, 6) is 0.102. The van der Waals surface area contributed by atoms with Crippen molar-refractivity contribution < 1.29 is 9.53 Å². The SMILES string of the molecule is COC[C@H](NC(=O)c1cc(C(C)C)nn1C)c1ccnn1C. The van der Waals surface area contributed by atoms with Crippen LogP contribution < -0.4 is 5.32 Å². The van der Waals surface area contributed by atoms with Gasteiger partial charge in [-0.2, -0.15) is 10.2 Å². The summed E-state index contributed by atoms with van der Waals surface area (Å²) in [6, 6.07) is 3.43. The molecule has 1 amide bonds. The molecule has 7 nitrogen and oxygen atoms in total. The summed E-state index contributed by atoms with van der Waals surface area (Å²) in [5.41, 5.74) is 2.32. The van der Waals surface area contributed by atoms with Gasteiger partial charge in [0.15, 0.2) is 0 Å². The summed E-state index contributed by atoms with van der Waals surface area (Å²) in [5, 5.41) is 11.5. The predicted octanol–water partition coefficient (Wildman–Crippen LogP) is 1.39. The number of nitrogens with one attached hydrogen (secondary N) is 1.